The highest BCUT2D eigenvalue weighted by Gasteiger charge is 2.33. The van der Waals surface area contributed by atoms with E-state index in [1.54, 1.807) is 10.4 Å². The molecule has 2 aliphatic heterocycles. The molecule has 2 fully saturated rings. The first-order valence-corrected chi connectivity index (χ1v) is 11.5. The van der Waals surface area contributed by atoms with Crippen LogP contribution < -0.4 is 0 Å². The molecule has 0 saturated carbocycles. The summed E-state index contributed by atoms with van der Waals surface area (Å²) in [6.45, 7) is 8.15. The lowest BCUT2D eigenvalue weighted by Crippen LogP contribution is -2.45. The lowest BCUT2D eigenvalue weighted by molar-refractivity contribution is 0.0344. The van der Waals surface area contributed by atoms with Crippen molar-refractivity contribution in [2.24, 2.45) is 0 Å². The fourth-order valence-corrected chi connectivity index (χ4v) is 5.94. The number of hydrogen-bond acceptors (Lipinski definition) is 5. The smallest absolute Gasteiger partial charge is 0.243 e. The van der Waals surface area contributed by atoms with Gasteiger partial charge in [0.15, 0.2) is 0 Å². The summed E-state index contributed by atoms with van der Waals surface area (Å²) < 4.78 is 39.7. The predicted molar refractivity (Wildman–Crippen MR) is 105 cm³/mol. The van der Waals surface area contributed by atoms with E-state index in [0.717, 1.165) is 57.7 Å². The minimum absolute atomic E-state index is 0.0263. The van der Waals surface area contributed by atoms with E-state index in [0.29, 0.717) is 31.1 Å². The van der Waals surface area contributed by atoms with Crippen LogP contribution in [0.5, 0.6) is 0 Å². The van der Waals surface area contributed by atoms with Crippen LogP contribution in [0.1, 0.15) is 31.7 Å². The van der Waals surface area contributed by atoms with Gasteiger partial charge in [0.25, 0.3) is 0 Å². The van der Waals surface area contributed by atoms with Crippen LogP contribution in [0.3, 0.4) is 0 Å². The average molecular weight is 397 g/mol. The highest BCUT2D eigenvalue weighted by molar-refractivity contribution is 7.89. The number of aryl methyl sites for hydroxylation is 1. The molecule has 6 nitrogen and oxygen atoms in total. The molecule has 27 heavy (non-hydrogen) atoms. The molecule has 0 unspecified atom stereocenters. The van der Waals surface area contributed by atoms with Crippen molar-refractivity contribution in [1.29, 1.82) is 0 Å². The standard InChI is InChI=1S/C20H32N2O4S/c1-2-18-6-3-4-7-20(18)27(23,24)22(19-8-14-25-15-9-19)11-5-10-21-12-16-26-17-13-21/h3-4,6-7,19H,2,5,8-17H2,1H3. The number of nitrogens with zero attached hydrogens (tertiary/aromatic N) is 2. The molecule has 0 aliphatic carbocycles. The van der Waals surface area contributed by atoms with Gasteiger partial charge in [-0.15, -0.1) is 0 Å². The maximum atomic E-state index is 13.5. The number of hydrogen-bond donors (Lipinski definition) is 0. The molecule has 0 amide bonds. The Morgan fingerprint density at radius 3 is 2.44 bits per heavy atom. The minimum Gasteiger partial charge on any atom is -0.381 e. The number of benzene rings is 1. The molecule has 0 bridgehead atoms. The summed E-state index contributed by atoms with van der Waals surface area (Å²) in [6.07, 6.45) is 3.09. The lowest BCUT2D eigenvalue weighted by Gasteiger charge is -2.34. The molecule has 1 aromatic rings. The second-order valence-corrected chi connectivity index (χ2v) is 9.09. The van der Waals surface area contributed by atoms with E-state index in [1.807, 2.05) is 25.1 Å². The van der Waals surface area contributed by atoms with Crippen LogP contribution in [-0.4, -0.2) is 76.3 Å². The molecular weight excluding hydrogens is 364 g/mol. The average Bonchev–Trinajstić information content (AvgIpc) is 2.72. The van der Waals surface area contributed by atoms with Crippen molar-refractivity contribution in [2.45, 2.75) is 43.5 Å². The van der Waals surface area contributed by atoms with Gasteiger partial charge in [-0.1, -0.05) is 25.1 Å². The summed E-state index contributed by atoms with van der Waals surface area (Å²) in [5.41, 5.74) is 0.891. The van der Waals surface area contributed by atoms with Gasteiger partial charge in [0.1, 0.15) is 0 Å². The van der Waals surface area contributed by atoms with Crippen LogP contribution in [0.2, 0.25) is 0 Å². The molecule has 0 aromatic heterocycles. The van der Waals surface area contributed by atoms with Crippen molar-refractivity contribution in [2.75, 3.05) is 52.6 Å². The summed E-state index contributed by atoms with van der Waals surface area (Å²) in [4.78, 5) is 2.82. The van der Waals surface area contributed by atoms with Gasteiger partial charge in [-0.3, -0.25) is 4.90 Å². The maximum absolute atomic E-state index is 13.5. The number of sulfonamides is 1. The Balaban J connectivity index is 1.75. The zero-order valence-corrected chi connectivity index (χ0v) is 17.1. The minimum atomic E-state index is -3.51. The summed E-state index contributed by atoms with van der Waals surface area (Å²) in [5.74, 6) is 0. The Morgan fingerprint density at radius 2 is 1.74 bits per heavy atom. The van der Waals surface area contributed by atoms with E-state index in [2.05, 4.69) is 4.90 Å². The highest BCUT2D eigenvalue weighted by atomic mass is 32.2. The molecule has 1 aromatic carbocycles. The fraction of sp³-hybridized carbons (Fsp3) is 0.700. The first kappa shape index (κ1) is 20.7. The van der Waals surface area contributed by atoms with Gasteiger partial charge >= 0.3 is 0 Å². The molecular formula is C20H32N2O4S. The summed E-state index contributed by atoms with van der Waals surface area (Å²) in [7, 11) is -3.51. The zero-order chi connectivity index (χ0) is 19.1. The fourth-order valence-electron chi connectivity index (χ4n) is 3.92. The van der Waals surface area contributed by atoms with Crippen LogP contribution in [0.4, 0.5) is 0 Å². The SMILES string of the molecule is CCc1ccccc1S(=O)(=O)N(CCCN1CCOCC1)C1CCOCC1. The van der Waals surface area contributed by atoms with Crippen LogP contribution in [0, 0.1) is 0 Å². The van der Waals surface area contributed by atoms with Crippen LogP contribution >= 0.6 is 0 Å². The Bertz CT molecular complexity index is 683. The molecule has 0 spiro atoms. The van der Waals surface area contributed by atoms with E-state index >= 15 is 0 Å². The van der Waals surface area contributed by atoms with Crippen molar-refractivity contribution in [3.05, 3.63) is 29.8 Å². The zero-order valence-electron chi connectivity index (χ0n) is 16.3. The van der Waals surface area contributed by atoms with Crippen LogP contribution in [-0.2, 0) is 25.9 Å². The molecule has 0 atom stereocenters. The molecule has 7 heteroatoms. The van der Waals surface area contributed by atoms with E-state index in [-0.39, 0.29) is 6.04 Å². The van der Waals surface area contributed by atoms with Gasteiger partial charge in [-0.2, -0.15) is 4.31 Å². The van der Waals surface area contributed by atoms with Crippen molar-refractivity contribution in [3.8, 4) is 0 Å². The van der Waals surface area contributed by atoms with Crippen LogP contribution in [0.25, 0.3) is 0 Å². The molecule has 2 heterocycles. The second kappa shape index (κ2) is 9.98. The molecule has 3 rings (SSSR count). The third-order valence-corrected chi connectivity index (χ3v) is 7.55. The predicted octanol–water partition coefficient (Wildman–Crippen LogP) is 2.14. The van der Waals surface area contributed by atoms with Crippen LogP contribution in [0.15, 0.2) is 29.2 Å². The van der Waals surface area contributed by atoms with Crippen molar-refractivity contribution in [3.63, 3.8) is 0 Å². The Kier molecular flexibility index (Phi) is 7.66. The number of morpholine rings is 1. The monoisotopic (exact) mass is 396 g/mol. The number of ether oxygens (including phenoxy) is 2. The second-order valence-electron chi connectivity index (χ2n) is 7.23. The van der Waals surface area contributed by atoms with Gasteiger partial charge in [0.05, 0.1) is 18.1 Å². The molecule has 0 N–H and O–H groups in total. The third-order valence-electron chi connectivity index (χ3n) is 5.49. The first-order chi connectivity index (χ1) is 13.1. The molecule has 2 saturated heterocycles. The summed E-state index contributed by atoms with van der Waals surface area (Å²) in [5, 5.41) is 0. The van der Waals surface area contributed by atoms with Gasteiger partial charge in [0, 0.05) is 38.9 Å². The van der Waals surface area contributed by atoms with Crippen molar-refractivity contribution < 1.29 is 17.9 Å². The Labute approximate surface area is 163 Å². The molecule has 0 radical (unpaired) electrons. The quantitative estimate of drug-likeness (QED) is 0.674. The summed E-state index contributed by atoms with van der Waals surface area (Å²) >= 11 is 0. The van der Waals surface area contributed by atoms with E-state index in [1.165, 1.54) is 0 Å². The first-order valence-electron chi connectivity index (χ1n) is 10.1. The Hall–Kier alpha value is -0.990. The molecule has 152 valence electrons. The number of rotatable bonds is 8. The lowest BCUT2D eigenvalue weighted by atomic mass is 10.1. The molecule has 2 aliphatic rings. The Morgan fingerprint density at radius 1 is 1.07 bits per heavy atom. The summed E-state index contributed by atoms with van der Waals surface area (Å²) in [6, 6.07) is 7.43. The van der Waals surface area contributed by atoms with Crippen molar-refractivity contribution in [1.82, 2.24) is 9.21 Å². The topological polar surface area (TPSA) is 59.1 Å². The van der Waals surface area contributed by atoms with Gasteiger partial charge < -0.3 is 9.47 Å². The van der Waals surface area contributed by atoms with E-state index in [4.69, 9.17) is 9.47 Å². The third kappa shape index (κ3) is 5.29. The van der Waals surface area contributed by atoms with Gasteiger partial charge in [-0.25, -0.2) is 8.42 Å². The van der Waals surface area contributed by atoms with E-state index < -0.39 is 10.0 Å². The normalized spacial score (nSPS) is 20.2. The van der Waals surface area contributed by atoms with Gasteiger partial charge in [0.2, 0.25) is 10.0 Å². The van der Waals surface area contributed by atoms with Gasteiger partial charge in [-0.05, 0) is 43.9 Å². The van der Waals surface area contributed by atoms with Crippen molar-refractivity contribution >= 4 is 10.0 Å². The van der Waals surface area contributed by atoms with E-state index in [9.17, 15) is 8.42 Å². The largest absolute Gasteiger partial charge is 0.381 e. The maximum Gasteiger partial charge on any atom is 0.243 e. The highest BCUT2D eigenvalue weighted by Crippen LogP contribution is 2.26.